The molecule has 7 nitrogen and oxygen atoms in total. The molecule has 0 radical (unpaired) electrons. The topological polar surface area (TPSA) is 89.4 Å². The molecule has 0 saturated heterocycles. The number of carbonyl (C=O) groups excluding carboxylic acids is 3. The van der Waals surface area contributed by atoms with Gasteiger partial charge < -0.3 is 19.6 Å². The minimum Gasteiger partial charge on any atom is -0.467 e. The molecule has 56 heavy (non-hydrogen) atoms. The molecule has 0 unspecified atom stereocenters. The molecule has 5 rings (SSSR count). The first-order chi connectivity index (χ1) is 26.9. The molecule has 2 amide bonds. The van der Waals surface area contributed by atoms with Crippen LogP contribution in [0.15, 0.2) is 109 Å². The van der Waals surface area contributed by atoms with E-state index in [2.05, 4.69) is 80.8 Å². The Hall–Kier alpha value is -5.47. The van der Waals surface area contributed by atoms with Crippen LogP contribution in [-0.4, -0.2) is 49.4 Å². The highest BCUT2D eigenvalue weighted by Crippen LogP contribution is 2.45. The largest absolute Gasteiger partial charge is 0.467 e. The summed E-state index contributed by atoms with van der Waals surface area (Å²) in [6.45, 7) is 15.4. The van der Waals surface area contributed by atoms with Crippen LogP contribution < -0.4 is 10.6 Å². The number of methoxy groups -OCH3 is 1. The Morgan fingerprint density at radius 1 is 0.643 bits per heavy atom. The van der Waals surface area contributed by atoms with Gasteiger partial charge in [-0.3, -0.25) is 9.59 Å². The van der Waals surface area contributed by atoms with Crippen molar-refractivity contribution in [2.24, 2.45) is 0 Å². The van der Waals surface area contributed by atoms with Crippen LogP contribution >= 0.6 is 0 Å². The van der Waals surface area contributed by atoms with Crippen LogP contribution in [0.3, 0.4) is 0 Å². The number of nitrogens with zero attached hydrogens (tertiary/aromatic N) is 1. The smallest absolute Gasteiger partial charge is 0.328 e. The third-order valence-electron chi connectivity index (χ3n) is 11.1. The normalized spacial score (nSPS) is 13.2. The van der Waals surface area contributed by atoms with Crippen molar-refractivity contribution in [2.75, 3.05) is 7.11 Å². The number of benzene rings is 4. The Balaban J connectivity index is 1.53. The molecular weight excluding hydrogens is 711 g/mol. The summed E-state index contributed by atoms with van der Waals surface area (Å²) in [4.78, 5) is 40.6. The van der Waals surface area contributed by atoms with Crippen molar-refractivity contribution < 1.29 is 19.1 Å². The van der Waals surface area contributed by atoms with Crippen LogP contribution in [0.25, 0.3) is 35.2 Å². The maximum atomic E-state index is 14.4. The first-order valence-electron chi connectivity index (χ1n) is 19.7. The van der Waals surface area contributed by atoms with Gasteiger partial charge in [0, 0.05) is 30.7 Å². The molecule has 2 atom stereocenters. The van der Waals surface area contributed by atoms with Gasteiger partial charge in [0.25, 0.3) is 0 Å². The van der Waals surface area contributed by atoms with Crippen molar-refractivity contribution in [2.45, 2.75) is 90.0 Å². The van der Waals surface area contributed by atoms with Gasteiger partial charge in [0.1, 0.15) is 12.1 Å². The second-order valence-electron chi connectivity index (χ2n) is 15.5. The highest BCUT2D eigenvalue weighted by Gasteiger charge is 2.46. The van der Waals surface area contributed by atoms with E-state index in [0.29, 0.717) is 16.6 Å². The molecule has 4 aromatic carbocycles. The molecule has 292 valence electrons. The second-order valence-corrected chi connectivity index (χ2v) is 21.3. The number of fused-ring (bicyclic) bond motifs is 1. The van der Waals surface area contributed by atoms with E-state index in [4.69, 9.17) is 4.74 Å². The van der Waals surface area contributed by atoms with Crippen LogP contribution in [0.4, 0.5) is 0 Å². The van der Waals surface area contributed by atoms with Crippen molar-refractivity contribution in [1.82, 2.24) is 14.9 Å². The van der Waals surface area contributed by atoms with Crippen molar-refractivity contribution in [3.63, 3.8) is 0 Å². The summed E-state index contributed by atoms with van der Waals surface area (Å²) in [5, 5.41) is 6.98. The summed E-state index contributed by atoms with van der Waals surface area (Å²) < 4.78 is 7.84. The first-order valence-corrected chi connectivity index (χ1v) is 21.9. The van der Waals surface area contributed by atoms with Crippen LogP contribution in [0.2, 0.25) is 16.6 Å². The Labute approximate surface area is 334 Å². The number of nitrogens with one attached hydrogen (secondary N) is 2. The lowest BCUT2D eigenvalue weighted by Crippen LogP contribution is -2.53. The Kier molecular flexibility index (Phi) is 14.1. The third-order valence-corrected chi connectivity index (χ3v) is 17.8. The first kappa shape index (κ1) is 41.7. The number of esters is 1. The predicted octanol–water partition coefficient (Wildman–Crippen LogP) is 9.95. The van der Waals surface area contributed by atoms with E-state index in [-0.39, 0.29) is 18.7 Å². The van der Waals surface area contributed by atoms with Crippen LogP contribution in [0.1, 0.15) is 81.8 Å². The Morgan fingerprint density at radius 2 is 1.16 bits per heavy atom. The minimum absolute atomic E-state index is 0.166. The van der Waals surface area contributed by atoms with Gasteiger partial charge in [0.15, 0.2) is 8.24 Å². The van der Waals surface area contributed by atoms with Crippen molar-refractivity contribution in [3.05, 3.63) is 143 Å². The molecule has 0 spiro atoms. The molecule has 0 aliphatic heterocycles. The number of hydrogen-bond acceptors (Lipinski definition) is 4. The average Bonchev–Trinajstić information content (AvgIpc) is 3.54. The molecule has 1 heterocycles. The van der Waals surface area contributed by atoms with E-state index in [1.807, 2.05) is 109 Å². The highest BCUT2D eigenvalue weighted by atomic mass is 28.3. The fraction of sp³-hybridized carbons (Fsp3) is 0.312. The van der Waals surface area contributed by atoms with Gasteiger partial charge in [0.2, 0.25) is 11.8 Å². The predicted molar refractivity (Wildman–Crippen MR) is 235 cm³/mol. The standard InChI is InChI=1S/C48H57N3O4Si/c1-33(2)56(34(3)4,35(5)6)51-32-41(42-24-15-16-25-46(42)51)30-44(49-36(7)52)47(53)50-45(48(54)55-8)31-43-39(28-26-37-18-11-9-12-19-37)22-17-23-40(43)29-27-38-20-13-10-14-21-38/h9-29,32-35,44-45H,30-31H2,1-8H3,(H,49,52)(H,50,53)/b28-26+,29-27+/t44-,45-/m0/s1. The Morgan fingerprint density at radius 3 is 1.66 bits per heavy atom. The number of aromatic nitrogens is 1. The third kappa shape index (κ3) is 9.48. The lowest BCUT2D eigenvalue weighted by molar-refractivity contribution is -0.145. The number of rotatable bonds is 16. The summed E-state index contributed by atoms with van der Waals surface area (Å²) in [5.74, 6) is -1.35. The number of carbonyl (C=O) groups is 3. The van der Waals surface area contributed by atoms with Crippen LogP contribution in [0.5, 0.6) is 0 Å². The van der Waals surface area contributed by atoms with Crippen molar-refractivity contribution >= 4 is 61.2 Å². The van der Waals surface area contributed by atoms with Gasteiger partial charge in [-0.15, -0.1) is 0 Å². The molecule has 0 fully saturated rings. The molecule has 5 aromatic rings. The lowest BCUT2D eigenvalue weighted by Gasteiger charge is -2.44. The van der Waals surface area contributed by atoms with Crippen LogP contribution in [0, 0.1) is 0 Å². The van der Waals surface area contributed by atoms with Gasteiger partial charge in [-0.1, -0.05) is 163 Å². The molecule has 1 aromatic heterocycles. The zero-order valence-electron chi connectivity index (χ0n) is 34.1. The molecule has 0 saturated carbocycles. The van der Waals surface area contributed by atoms with Crippen LogP contribution in [-0.2, 0) is 32.0 Å². The number of para-hydroxylation sites is 1. The molecule has 8 heteroatoms. The van der Waals surface area contributed by atoms with E-state index in [1.54, 1.807) is 0 Å². The monoisotopic (exact) mass is 767 g/mol. The second kappa shape index (κ2) is 18.9. The lowest BCUT2D eigenvalue weighted by atomic mass is 9.93. The summed E-state index contributed by atoms with van der Waals surface area (Å²) in [6, 6.07) is 32.4. The molecule has 0 aliphatic carbocycles. The average molecular weight is 768 g/mol. The van der Waals surface area contributed by atoms with Crippen molar-refractivity contribution in [3.8, 4) is 0 Å². The van der Waals surface area contributed by atoms with E-state index in [9.17, 15) is 14.4 Å². The maximum Gasteiger partial charge on any atom is 0.328 e. The van der Waals surface area contributed by atoms with Gasteiger partial charge in [-0.05, 0) is 62.3 Å². The fourth-order valence-electron chi connectivity index (χ4n) is 8.73. The zero-order chi connectivity index (χ0) is 40.4. The Bertz CT molecular complexity index is 2080. The summed E-state index contributed by atoms with van der Waals surface area (Å²) in [7, 11) is -0.832. The molecule has 0 aliphatic rings. The van der Waals surface area contributed by atoms with Gasteiger partial charge in [-0.25, -0.2) is 4.79 Å². The highest BCUT2D eigenvalue weighted by molar-refractivity contribution is 6.82. The zero-order valence-corrected chi connectivity index (χ0v) is 35.1. The van der Waals surface area contributed by atoms with E-state index in [0.717, 1.165) is 44.3 Å². The van der Waals surface area contributed by atoms with Gasteiger partial charge >= 0.3 is 5.97 Å². The molecule has 0 bridgehead atoms. The number of ether oxygens (including phenoxy) is 1. The molecule has 2 N–H and O–H groups in total. The summed E-state index contributed by atoms with van der Waals surface area (Å²) >= 11 is 0. The SMILES string of the molecule is COC(=O)[C@H](Cc1c(/C=C/c2ccccc2)cccc1/C=C/c1ccccc1)NC(=O)[C@H](Cc1cn([Si](C(C)C)(C(C)C)C(C)C)c2ccccc12)NC(C)=O. The number of hydrogen-bond donors (Lipinski definition) is 2. The maximum absolute atomic E-state index is 14.4. The minimum atomic E-state index is -2.16. The van der Waals surface area contributed by atoms with Gasteiger partial charge in [-0.2, -0.15) is 0 Å². The fourth-order valence-corrected chi connectivity index (χ4v) is 15.4. The van der Waals surface area contributed by atoms with E-state index in [1.165, 1.54) is 14.0 Å². The van der Waals surface area contributed by atoms with Crippen molar-refractivity contribution in [1.29, 1.82) is 0 Å². The molecular formula is C48H57N3O4Si. The summed E-state index contributed by atoms with van der Waals surface area (Å²) in [6.07, 6.45) is 10.8. The number of amides is 2. The summed E-state index contributed by atoms with van der Waals surface area (Å²) in [5.41, 5.74) is 8.27. The quantitative estimate of drug-likeness (QED) is 0.0595. The van der Waals surface area contributed by atoms with Gasteiger partial charge in [0.05, 0.1) is 7.11 Å². The van der Waals surface area contributed by atoms with E-state index >= 15 is 0 Å². The van der Waals surface area contributed by atoms with E-state index < -0.39 is 32.2 Å².